The third kappa shape index (κ3) is 2.13. The molecule has 0 unspecified atom stereocenters. The van der Waals surface area contributed by atoms with E-state index in [1.165, 1.54) is 11.3 Å². The molecule has 0 radical (unpaired) electrons. The minimum Gasteiger partial charge on any atom is -0.358 e. The summed E-state index contributed by atoms with van der Waals surface area (Å²) in [6.45, 7) is 3.96. The Morgan fingerprint density at radius 2 is 2.15 bits per heavy atom. The number of para-hydroxylation sites is 1. The highest BCUT2D eigenvalue weighted by Gasteiger charge is 2.10. The first-order chi connectivity index (χ1) is 9.69. The highest BCUT2D eigenvalue weighted by atomic mass is 32.1. The number of hydrogen-bond acceptors (Lipinski definition) is 3. The van der Waals surface area contributed by atoms with Gasteiger partial charge in [0.2, 0.25) is 0 Å². The average molecular weight is 279 g/mol. The number of nitrogens with zero attached hydrogens (tertiary/aromatic N) is 2. The lowest BCUT2D eigenvalue weighted by atomic mass is 10.1. The zero-order valence-electron chi connectivity index (χ0n) is 11.3. The molecule has 4 heteroatoms. The predicted octanol–water partition coefficient (Wildman–Crippen LogP) is 4.31. The van der Waals surface area contributed by atoms with Gasteiger partial charge in [0.15, 0.2) is 0 Å². The molecule has 3 rings (SSSR count). The van der Waals surface area contributed by atoms with Gasteiger partial charge in [-0.3, -0.25) is 0 Å². The molecular weight excluding hydrogens is 266 g/mol. The summed E-state index contributed by atoms with van der Waals surface area (Å²) in [5.41, 5.74) is 4.76. The summed E-state index contributed by atoms with van der Waals surface area (Å²) < 4.78 is 0. The second kappa shape index (κ2) is 4.95. The number of aromatic nitrogens is 2. The maximum absolute atomic E-state index is 9.39. The summed E-state index contributed by atoms with van der Waals surface area (Å²) in [4.78, 5) is 7.73. The van der Waals surface area contributed by atoms with Crippen molar-refractivity contribution in [1.82, 2.24) is 9.97 Å². The van der Waals surface area contributed by atoms with E-state index in [0.717, 1.165) is 32.9 Å². The largest absolute Gasteiger partial charge is 0.358 e. The van der Waals surface area contributed by atoms with Gasteiger partial charge >= 0.3 is 0 Å². The average Bonchev–Trinajstić information content (AvgIpc) is 3.00. The first-order valence-electron chi connectivity index (χ1n) is 6.30. The molecule has 3 nitrogen and oxygen atoms in total. The second-order valence-electron chi connectivity index (χ2n) is 4.67. The lowest BCUT2D eigenvalue weighted by molar-refractivity contribution is 1.24. The van der Waals surface area contributed by atoms with Crippen LogP contribution in [0.2, 0.25) is 0 Å². The molecule has 0 saturated carbocycles. The van der Waals surface area contributed by atoms with E-state index in [0.29, 0.717) is 5.57 Å². The molecule has 0 fully saturated rings. The Kier molecular flexibility index (Phi) is 3.13. The SMILES string of the molecule is Cc1csc(C(C#N)=Cc2c(C)[nH]c3ccccc23)n1. The maximum atomic E-state index is 9.39. The molecule has 20 heavy (non-hydrogen) atoms. The van der Waals surface area contributed by atoms with E-state index in [4.69, 9.17) is 0 Å². The molecule has 1 N–H and O–H groups in total. The topological polar surface area (TPSA) is 52.5 Å². The van der Waals surface area contributed by atoms with Gasteiger partial charge in [-0.25, -0.2) is 4.98 Å². The summed E-state index contributed by atoms with van der Waals surface area (Å²) in [7, 11) is 0. The van der Waals surface area contributed by atoms with Crippen LogP contribution >= 0.6 is 11.3 Å². The molecule has 0 bridgehead atoms. The van der Waals surface area contributed by atoms with E-state index in [9.17, 15) is 5.26 Å². The Bertz CT molecular complexity index is 846. The number of rotatable bonds is 2. The van der Waals surface area contributed by atoms with Crippen molar-refractivity contribution in [1.29, 1.82) is 5.26 Å². The van der Waals surface area contributed by atoms with Crippen molar-refractivity contribution in [2.75, 3.05) is 0 Å². The van der Waals surface area contributed by atoms with Gasteiger partial charge in [0.05, 0.1) is 5.57 Å². The lowest BCUT2D eigenvalue weighted by Crippen LogP contribution is -1.82. The molecule has 0 amide bonds. The maximum Gasteiger partial charge on any atom is 0.134 e. The van der Waals surface area contributed by atoms with Crippen molar-refractivity contribution in [3.8, 4) is 6.07 Å². The molecular formula is C16H13N3S. The van der Waals surface area contributed by atoms with Gasteiger partial charge in [-0.05, 0) is 26.0 Å². The molecule has 0 spiro atoms. The van der Waals surface area contributed by atoms with Crippen LogP contribution in [0.4, 0.5) is 0 Å². The fourth-order valence-electron chi connectivity index (χ4n) is 2.25. The fourth-order valence-corrected chi connectivity index (χ4v) is 3.01. The van der Waals surface area contributed by atoms with Gasteiger partial charge in [0, 0.05) is 33.2 Å². The molecule has 0 aliphatic heterocycles. The van der Waals surface area contributed by atoms with E-state index in [1.807, 2.05) is 43.5 Å². The molecule has 0 saturated heterocycles. The molecule has 98 valence electrons. The molecule has 3 aromatic rings. The van der Waals surface area contributed by atoms with Crippen LogP contribution in [0.3, 0.4) is 0 Å². The molecule has 2 aromatic heterocycles. The number of nitriles is 1. The molecule has 1 aromatic carbocycles. The number of nitrogens with one attached hydrogen (secondary N) is 1. The minimum atomic E-state index is 0.607. The molecule has 2 heterocycles. The van der Waals surface area contributed by atoms with Gasteiger partial charge in [-0.1, -0.05) is 18.2 Å². The van der Waals surface area contributed by atoms with Gasteiger partial charge in [0.1, 0.15) is 11.1 Å². The number of benzene rings is 1. The summed E-state index contributed by atoms with van der Waals surface area (Å²) in [6, 6.07) is 10.4. The van der Waals surface area contributed by atoms with Gasteiger partial charge in [-0.15, -0.1) is 11.3 Å². The second-order valence-corrected chi connectivity index (χ2v) is 5.53. The molecule has 0 aliphatic rings. The van der Waals surface area contributed by atoms with Crippen LogP contribution in [0, 0.1) is 25.2 Å². The van der Waals surface area contributed by atoms with Crippen LogP contribution in [-0.4, -0.2) is 9.97 Å². The van der Waals surface area contributed by atoms with Crippen molar-refractivity contribution >= 4 is 33.9 Å². The normalized spacial score (nSPS) is 11.8. The third-order valence-corrected chi connectivity index (χ3v) is 4.20. The summed E-state index contributed by atoms with van der Waals surface area (Å²) in [6.07, 6.45) is 1.92. The lowest BCUT2D eigenvalue weighted by Gasteiger charge is -1.96. The summed E-state index contributed by atoms with van der Waals surface area (Å²) >= 11 is 1.50. The van der Waals surface area contributed by atoms with Crippen molar-refractivity contribution in [2.45, 2.75) is 13.8 Å². The fraction of sp³-hybridized carbons (Fsp3) is 0.125. The van der Waals surface area contributed by atoms with Crippen LogP contribution in [0.15, 0.2) is 29.6 Å². The number of hydrogen-bond donors (Lipinski definition) is 1. The Hall–Kier alpha value is -2.38. The summed E-state index contributed by atoms with van der Waals surface area (Å²) in [5, 5.41) is 13.3. The van der Waals surface area contributed by atoms with Crippen molar-refractivity contribution in [3.63, 3.8) is 0 Å². The van der Waals surface area contributed by atoms with Crippen LogP contribution in [-0.2, 0) is 0 Å². The highest BCUT2D eigenvalue weighted by Crippen LogP contribution is 2.27. The van der Waals surface area contributed by atoms with Crippen LogP contribution < -0.4 is 0 Å². The number of H-pyrrole nitrogens is 1. The van der Waals surface area contributed by atoms with Crippen LogP contribution in [0.25, 0.3) is 22.6 Å². The van der Waals surface area contributed by atoms with Crippen LogP contribution in [0.5, 0.6) is 0 Å². The van der Waals surface area contributed by atoms with Crippen molar-refractivity contribution in [3.05, 3.63) is 51.6 Å². The highest BCUT2D eigenvalue weighted by molar-refractivity contribution is 7.11. The molecule has 0 atom stereocenters. The monoisotopic (exact) mass is 279 g/mol. The molecule has 0 aliphatic carbocycles. The van der Waals surface area contributed by atoms with Crippen LogP contribution in [0.1, 0.15) is 22.0 Å². The van der Waals surface area contributed by atoms with E-state index in [2.05, 4.69) is 22.1 Å². The number of allylic oxidation sites excluding steroid dienone is 1. The van der Waals surface area contributed by atoms with Crippen molar-refractivity contribution < 1.29 is 0 Å². The predicted molar refractivity (Wildman–Crippen MR) is 83.4 cm³/mol. The quantitative estimate of drug-likeness (QED) is 0.711. The van der Waals surface area contributed by atoms with E-state index < -0.39 is 0 Å². The Labute approximate surface area is 121 Å². The van der Waals surface area contributed by atoms with Gasteiger partial charge in [-0.2, -0.15) is 5.26 Å². The number of fused-ring (bicyclic) bond motifs is 1. The Balaban J connectivity index is 2.18. The zero-order valence-corrected chi connectivity index (χ0v) is 12.1. The van der Waals surface area contributed by atoms with Crippen molar-refractivity contribution in [2.24, 2.45) is 0 Å². The van der Waals surface area contributed by atoms with E-state index in [1.54, 1.807) is 0 Å². The smallest absolute Gasteiger partial charge is 0.134 e. The van der Waals surface area contributed by atoms with E-state index >= 15 is 0 Å². The van der Waals surface area contributed by atoms with E-state index in [-0.39, 0.29) is 0 Å². The number of aromatic amines is 1. The summed E-state index contributed by atoms with van der Waals surface area (Å²) in [5.74, 6) is 0. The first-order valence-corrected chi connectivity index (χ1v) is 7.18. The standard InChI is InChI=1S/C16H13N3S/c1-10-9-20-16(18-10)12(8-17)7-14-11(2)19-15-6-4-3-5-13(14)15/h3-7,9,19H,1-2H3. The Morgan fingerprint density at radius 1 is 1.35 bits per heavy atom. The van der Waals surface area contributed by atoms with Gasteiger partial charge < -0.3 is 4.98 Å². The Morgan fingerprint density at radius 3 is 2.85 bits per heavy atom. The zero-order chi connectivity index (χ0) is 14.1. The first kappa shape index (κ1) is 12.6. The van der Waals surface area contributed by atoms with Gasteiger partial charge in [0.25, 0.3) is 0 Å². The number of aryl methyl sites for hydroxylation is 2. The number of thiazole rings is 1. The third-order valence-electron chi connectivity index (χ3n) is 3.20. The minimum absolute atomic E-state index is 0.607.